The number of aryl methyl sites for hydroxylation is 2. The number of hydrogen-bond donors (Lipinski definition) is 0. The molecule has 0 aliphatic heterocycles. The molecule has 1 aromatic heterocycles. The number of nitrogens with zero attached hydrogens (tertiary/aromatic N) is 1. The van der Waals surface area contributed by atoms with Gasteiger partial charge in [-0.15, -0.1) is 5.56 Å². The minimum absolute atomic E-state index is 0. The van der Waals surface area contributed by atoms with Gasteiger partial charge in [0, 0.05) is 32.7 Å². The number of aromatic nitrogens is 1. The van der Waals surface area contributed by atoms with Crippen LogP contribution in [-0.2, 0) is 28.1 Å². The number of benzene rings is 2. The summed E-state index contributed by atoms with van der Waals surface area (Å²) in [7, 11) is 2.10. The Morgan fingerprint density at radius 3 is 2.33 bits per heavy atom. The van der Waals surface area contributed by atoms with Crippen LogP contribution in [0.1, 0.15) is 5.56 Å². The molecule has 0 atom stereocenters. The van der Waals surface area contributed by atoms with Crippen LogP contribution in [0.15, 0.2) is 66.9 Å². The third-order valence-electron chi connectivity index (χ3n) is 3.59. The van der Waals surface area contributed by atoms with Crippen molar-refractivity contribution in [3.05, 3.63) is 78.5 Å². The normalized spacial score (nSPS) is 10.0. The third kappa shape index (κ3) is 3.31. The molecule has 0 saturated carbocycles. The second kappa shape index (κ2) is 6.82. The van der Waals surface area contributed by atoms with E-state index in [9.17, 15) is 0 Å². The summed E-state index contributed by atoms with van der Waals surface area (Å²) >= 11 is 0. The summed E-state index contributed by atoms with van der Waals surface area (Å²) in [5, 5.41) is 0. The van der Waals surface area contributed by atoms with Gasteiger partial charge in [0.15, 0.2) is 11.9 Å². The van der Waals surface area contributed by atoms with Gasteiger partial charge in [0.05, 0.1) is 0 Å². The van der Waals surface area contributed by atoms with Crippen molar-refractivity contribution in [2.75, 3.05) is 0 Å². The van der Waals surface area contributed by atoms with Crippen molar-refractivity contribution in [1.29, 1.82) is 0 Å². The van der Waals surface area contributed by atoms with Crippen LogP contribution in [0.25, 0.3) is 22.4 Å². The van der Waals surface area contributed by atoms with E-state index in [4.69, 9.17) is 0 Å². The van der Waals surface area contributed by atoms with E-state index in [2.05, 4.69) is 73.3 Å². The van der Waals surface area contributed by atoms with Crippen molar-refractivity contribution < 1.29 is 25.6 Å². The fourth-order valence-electron chi connectivity index (χ4n) is 2.49. The Kier molecular flexibility index (Phi) is 5.09. The Labute approximate surface area is 140 Å². The maximum Gasteiger partial charge on any atom is 0.188 e. The molecule has 1 nitrogen and oxygen atoms in total. The van der Waals surface area contributed by atoms with Crippen LogP contribution in [0.3, 0.4) is 0 Å². The molecule has 0 fully saturated rings. The van der Waals surface area contributed by atoms with Gasteiger partial charge in [0.1, 0.15) is 7.05 Å². The predicted octanol–water partition coefficient (Wildman–Crippen LogP) is 3.95. The zero-order chi connectivity index (χ0) is 13.9. The van der Waals surface area contributed by atoms with Gasteiger partial charge < -0.3 is 0 Å². The Morgan fingerprint density at radius 1 is 0.905 bits per heavy atom. The van der Waals surface area contributed by atoms with Gasteiger partial charge >= 0.3 is 0 Å². The molecule has 104 valence electrons. The molecule has 0 spiro atoms. The Morgan fingerprint density at radius 2 is 1.67 bits per heavy atom. The summed E-state index contributed by atoms with van der Waals surface area (Å²) in [6.07, 6.45) is 2.18. The minimum atomic E-state index is 0. The molecule has 2 heteroatoms. The van der Waals surface area contributed by atoms with Gasteiger partial charge in [0.25, 0.3) is 0 Å². The number of hydrogen-bond acceptors (Lipinski definition) is 0. The first kappa shape index (κ1) is 15.7. The fraction of sp³-hybridized carbons (Fsp3) is 0.105. The van der Waals surface area contributed by atoms with Crippen LogP contribution in [0.4, 0.5) is 0 Å². The predicted molar refractivity (Wildman–Crippen MR) is 82.1 cm³/mol. The molecule has 21 heavy (non-hydrogen) atoms. The number of pyridine rings is 1. The summed E-state index contributed by atoms with van der Waals surface area (Å²) in [4.78, 5) is 0. The summed E-state index contributed by atoms with van der Waals surface area (Å²) in [5.74, 6) is 0. The van der Waals surface area contributed by atoms with Gasteiger partial charge in [-0.05, 0) is 11.6 Å². The zero-order valence-corrected chi connectivity index (χ0v) is 14.2. The van der Waals surface area contributed by atoms with E-state index in [-0.39, 0.29) is 21.1 Å². The Bertz CT molecular complexity index is 736. The van der Waals surface area contributed by atoms with Crippen LogP contribution in [0.2, 0.25) is 0 Å². The second-order valence-corrected chi connectivity index (χ2v) is 5.02. The van der Waals surface area contributed by atoms with Crippen molar-refractivity contribution in [2.24, 2.45) is 7.05 Å². The Balaban J connectivity index is 0.00000161. The molecule has 0 unspecified atom stereocenters. The first-order valence-corrected chi connectivity index (χ1v) is 6.78. The molecule has 0 amide bonds. The molecule has 0 bridgehead atoms. The standard InChI is InChI=1S/C19H17N.Mo/c1-15-8-6-7-11-18(15)19-13-12-17(14-20(19)2)16-9-4-3-5-10-16;/h3-5,7-14H,1-2H3;. The first-order chi connectivity index (χ1) is 9.75. The summed E-state index contributed by atoms with van der Waals surface area (Å²) in [6, 6.07) is 24.1. The summed E-state index contributed by atoms with van der Waals surface area (Å²) in [6.45, 7) is 2.12. The van der Waals surface area contributed by atoms with E-state index < -0.39 is 0 Å². The Hall–Kier alpha value is -1.72. The SMILES string of the molecule is Cc1c[c-]ccc1-c1ccc(-c2ccccc2)c[n+]1C.[Mo]. The van der Waals surface area contributed by atoms with E-state index in [0.29, 0.717) is 0 Å². The van der Waals surface area contributed by atoms with Gasteiger partial charge in [-0.1, -0.05) is 42.8 Å². The van der Waals surface area contributed by atoms with Crippen molar-refractivity contribution in [2.45, 2.75) is 6.92 Å². The average molecular weight is 355 g/mol. The molecule has 0 radical (unpaired) electrons. The smallest absolute Gasteiger partial charge is 0.188 e. The average Bonchev–Trinajstić information content (AvgIpc) is 2.49. The van der Waals surface area contributed by atoms with Crippen molar-refractivity contribution in [1.82, 2.24) is 0 Å². The molecule has 3 aromatic rings. The third-order valence-corrected chi connectivity index (χ3v) is 3.59. The topological polar surface area (TPSA) is 3.88 Å². The van der Waals surface area contributed by atoms with E-state index in [1.165, 1.54) is 27.9 Å². The molecular formula is C19H17MoN. The molecule has 3 rings (SSSR count). The first-order valence-electron chi connectivity index (χ1n) is 6.78. The van der Waals surface area contributed by atoms with Crippen molar-refractivity contribution in [3.8, 4) is 22.4 Å². The van der Waals surface area contributed by atoms with E-state index >= 15 is 0 Å². The molecule has 2 aromatic carbocycles. The van der Waals surface area contributed by atoms with Crippen LogP contribution in [0.5, 0.6) is 0 Å². The quantitative estimate of drug-likeness (QED) is 0.372. The maximum absolute atomic E-state index is 3.12. The van der Waals surface area contributed by atoms with Crippen LogP contribution >= 0.6 is 0 Å². The van der Waals surface area contributed by atoms with Gasteiger partial charge in [-0.25, -0.2) is 4.57 Å². The van der Waals surface area contributed by atoms with Gasteiger partial charge in [-0.2, -0.15) is 24.3 Å². The number of rotatable bonds is 2. The van der Waals surface area contributed by atoms with Crippen LogP contribution in [0, 0.1) is 13.0 Å². The molecular weight excluding hydrogens is 338 g/mol. The van der Waals surface area contributed by atoms with Crippen LogP contribution < -0.4 is 4.57 Å². The van der Waals surface area contributed by atoms with E-state index in [0.717, 1.165) is 0 Å². The summed E-state index contributed by atoms with van der Waals surface area (Å²) in [5.41, 5.74) is 6.20. The van der Waals surface area contributed by atoms with E-state index in [1.807, 2.05) is 18.2 Å². The molecule has 0 saturated heterocycles. The van der Waals surface area contributed by atoms with Gasteiger partial charge in [-0.3, -0.25) is 0 Å². The van der Waals surface area contributed by atoms with Crippen molar-refractivity contribution >= 4 is 0 Å². The zero-order valence-electron chi connectivity index (χ0n) is 12.2. The largest absolute Gasteiger partial charge is 0.202 e. The van der Waals surface area contributed by atoms with E-state index in [1.54, 1.807) is 0 Å². The van der Waals surface area contributed by atoms with Crippen LogP contribution in [-0.4, -0.2) is 0 Å². The van der Waals surface area contributed by atoms with Gasteiger partial charge in [0.2, 0.25) is 0 Å². The molecule has 1 heterocycles. The molecule has 0 N–H and O–H groups in total. The molecule has 0 aliphatic carbocycles. The monoisotopic (exact) mass is 357 g/mol. The fourth-order valence-corrected chi connectivity index (χ4v) is 2.49. The minimum Gasteiger partial charge on any atom is -0.202 e. The maximum atomic E-state index is 3.12. The second-order valence-electron chi connectivity index (χ2n) is 5.02. The van der Waals surface area contributed by atoms with Crippen molar-refractivity contribution in [3.63, 3.8) is 0 Å². The molecule has 0 aliphatic rings. The summed E-state index contributed by atoms with van der Waals surface area (Å²) < 4.78 is 2.19.